The minimum Gasteiger partial charge on any atom is -0.403 e. The number of aromatic nitrogens is 2. The number of aliphatic hydroxyl groups is 1. The lowest BCUT2D eigenvalue weighted by atomic mass is 10.0. The Morgan fingerprint density at radius 2 is 2.19 bits per heavy atom. The van der Waals surface area contributed by atoms with Crippen molar-refractivity contribution in [3.8, 4) is 11.1 Å². The van der Waals surface area contributed by atoms with Gasteiger partial charge in [0, 0.05) is 63.2 Å². The molecule has 0 bridgehead atoms. The van der Waals surface area contributed by atoms with Gasteiger partial charge in [-0.3, -0.25) is 9.79 Å². The first-order valence-corrected chi connectivity index (χ1v) is 11.9. The predicted molar refractivity (Wildman–Crippen MR) is 141 cm³/mol. The third-order valence-corrected chi connectivity index (χ3v) is 6.45. The van der Waals surface area contributed by atoms with Crippen molar-refractivity contribution < 1.29 is 19.0 Å². The van der Waals surface area contributed by atoms with Crippen LogP contribution in [0.2, 0.25) is 5.02 Å². The molecule has 9 nitrogen and oxygen atoms in total. The smallest absolute Gasteiger partial charge is 0.271 e. The molecule has 37 heavy (non-hydrogen) atoms. The van der Waals surface area contributed by atoms with E-state index in [1.165, 1.54) is 30.6 Å². The molecule has 0 fully saturated rings. The number of ether oxygens (including phenoxy) is 1. The van der Waals surface area contributed by atoms with E-state index in [0.29, 0.717) is 52.1 Å². The summed E-state index contributed by atoms with van der Waals surface area (Å²) in [7, 11) is 3.20. The average molecular weight is 527 g/mol. The molecule has 4 N–H and O–H groups in total. The van der Waals surface area contributed by atoms with E-state index in [1.54, 1.807) is 37.4 Å². The number of nitrogens with zero attached hydrogens (tertiary/aromatic N) is 4. The number of allylic oxidation sites excluding steroid dienone is 1. The summed E-state index contributed by atoms with van der Waals surface area (Å²) in [6, 6.07) is 7.41. The Morgan fingerprint density at radius 1 is 1.38 bits per heavy atom. The van der Waals surface area contributed by atoms with Crippen molar-refractivity contribution in [3.05, 3.63) is 82.3 Å². The van der Waals surface area contributed by atoms with Crippen LogP contribution in [0.25, 0.3) is 11.1 Å². The highest BCUT2D eigenvalue weighted by atomic mass is 35.5. The first-order valence-electron chi connectivity index (χ1n) is 11.5. The van der Waals surface area contributed by atoms with Crippen molar-refractivity contribution in [2.24, 2.45) is 10.7 Å². The van der Waals surface area contributed by atoms with E-state index in [4.69, 9.17) is 22.1 Å². The summed E-state index contributed by atoms with van der Waals surface area (Å²) in [4.78, 5) is 23.5. The Morgan fingerprint density at radius 3 is 2.89 bits per heavy atom. The van der Waals surface area contributed by atoms with Gasteiger partial charge in [-0.25, -0.2) is 9.37 Å². The largest absolute Gasteiger partial charge is 0.403 e. The summed E-state index contributed by atoms with van der Waals surface area (Å²) in [6.07, 6.45) is 6.34. The molecule has 0 radical (unpaired) electrons. The minimum atomic E-state index is -0.430. The Kier molecular flexibility index (Phi) is 8.22. The van der Waals surface area contributed by atoms with Gasteiger partial charge in [0.1, 0.15) is 17.3 Å². The van der Waals surface area contributed by atoms with Crippen molar-refractivity contribution in [2.75, 3.05) is 26.1 Å². The van der Waals surface area contributed by atoms with E-state index in [2.05, 4.69) is 15.3 Å². The first kappa shape index (κ1) is 26.3. The lowest BCUT2D eigenvalue weighted by Gasteiger charge is -2.36. The van der Waals surface area contributed by atoms with Crippen molar-refractivity contribution in [2.45, 2.75) is 25.7 Å². The van der Waals surface area contributed by atoms with Gasteiger partial charge in [-0.15, -0.1) is 0 Å². The van der Waals surface area contributed by atoms with Crippen LogP contribution < -0.4 is 11.1 Å². The Hall–Kier alpha value is -3.73. The van der Waals surface area contributed by atoms with E-state index in [0.717, 1.165) is 5.56 Å². The van der Waals surface area contributed by atoms with Gasteiger partial charge in [0.25, 0.3) is 5.91 Å². The third kappa shape index (κ3) is 5.66. The SMILES string of the molecule is CN=CC(=CN)Nc1cc(-c2cc3n(c2)CC(COC)N(Cc2cc(F)ccc2CO)C3=O)c(Cl)cn1. The van der Waals surface area contributed by atoms with Gasteiger partial charge >= 0.3 is 0 Å². The first-order chi connectivity index (χ1) is 17.9. The number of aliphatic imine (C=N–C) groups is 1. The number of nitrogens with two attached hydrogens (primary N) is 1. The van der Waals surface area contributed by atoms with Gasteiger partial charge < -0.3 is 30.4 Å². The number of hydrogen-bond donors (Lipinski definition) is 3. The van der Waals surface area contributed by atoms with Crippen LogP contribution in [0, 0.1) is 5.82 Å². The highest BCUT2D eigenvalue weighted by Crippen LogP contribution is 2.33. The van der Waals surface area contributed by atoms with E-state index < -0.39 is 5.82 Å². The standard InChI is InChI=1S/C26H28ClFN6O3/c1-30-9-20(8-29)32-25-7-22(23(27)10-31-25)18-6-24-26(36)34(21(15-37-2)13-33(24)11-18)12-17-5-19(28)4-3-16(17)14-35/h3-11,21,35H,12-15,29H2,1-2H3,(H,31,32). The van der Waals surface area contributed by atoms with Crippen LogP contribution in [-0.4, -0.2) is 58.5 Å². The number of fused-ring (bicyclic) bond motifs is 1. The van der Waals surface area contributed by atoms with Crippen LogP contribution in [0.5, 0.6) is 0 Å². The number of hydrogen-bond acceptors (Lipinski definition) is 7. The molecule has 1 aliphatic heterocycles. The molecule has 2 aromatic heterocycles. The number of amides is 1. The molecule has 1 amide bonds. The van der Waals surface area contributed by atoms with Gasteiger partial charge in [0.2, 0.25) is 0 Å². The number of benzene rings is 1. The molecule has 1 atom stereocenters. The van der Waals surface area contributed by atoms with Crippen LogP contribution in [-0.2, 0) is 24.4 Å². The number of rotatable bonds is 9. The average Bonchev–Trinajstić information content (AvgIpc) is 3.31. The zero-order chi connectivity index (χ0) is 26.5. The molecule has 0 saturated heterocycles. The van der Waals surface area contributed by atoms with Gasteiger partial charge in [-0.2, -0.15) is 0 Å². The Labute approximate surface area is 219 Å². The summed E-state index contributed by atoms with van der Waals surface area (Å²) in [6.45, 7) is 0.646. The summed E-state index contributed by atoms with van der Waals surface area (Å²) in [5, 5.41) is 13.2. The maximum atomic E-state index is 14.0. The Balaban J connectivity index is 1.68. The fourth-order valence-electron chi connectivity index (χ4n) is 4.37. The summed E-state index contributed by atoms with van der Waals surface area (Å²) >= 11 is 6.49. The number of aliphatic hydroxyl groups excluding tert-OH is 1. The zero-order valence-electron chi connectivity index (χ0n) is 20.5. The second-order valence-corrected chi connectivity index (χ2v) is 8.97. The molecule has 3 heterocycles. The molecular weight excluding hydrogens is 499 g/mol. The quantitative estimate of drug-likeness (QED) is 0.368. The van der Waals surface area contributed by atoms with Crippen molar-refractivity contribution in [3.63, 3.8) is 0 Å². The topological polar surface area (TPSA) is 118 Å². The highest BCUT2D eigenvalue weighted by Gasteiger charge is 2.33. The number of methoxy groups -OCH3 is 1. The number of halogens is 2. The van der Waals surface area contributed by atoms with Crippen LogP contribution in [0.15, 0.2) is 59.6 Å². The Bertz CT molecular complexity index is 1360. The van der Waals surface area contributed by atoms with E-state index in [1.807, 2.05) is 10.8 Å². The molecule has 3 aromatic rings. The molecule has 1 aromatic carbocycles. The maximum absolute atomic E-state index is 14.0. The van der Waals surface area contributed by atoms with E-state index >= 15 is 0 Å². The zero-order valence-corrected chi connectivity index (χ0v) is 21.2. The number of nitrogens with one attached hydrogen (secondary N) is 1. The van der Waals surface area contributed by atoms with E-state index in [-0.39, 0.29) is 25.1 Å². The van der Waals surface area contributed by atoms with Crippen molar-refractivity contribution in [1.29, 1.82) is 0 Å². The second kappa shape index (κ2) is 11.5. The summed E-state index contributed by atoms with van der Waals surface area (Å²) in [5.41, 5.74) is 9.20. The normalized spacial score (nSPS) is 15.9. The molecule has 1 unspecified atom stereocenters. The fraction of sp³-hybridized carbons (Fsp3) is 0.269. The van der Waals surface area contributed by atoms with Gasteiger partial charge in [0.05, 0.1) is 30.0 Å². The van der Waals surface area contributed by atoms with Crippen molar-refractivity contribution >= 4 is 29.5 Å². The van der Waals surface area contributed by atoms with Crippen LogP contribution >= 0.6 is 11.6 Å². The van der Waals surface area contributed by atoms with Gasteiger partial charge in [-0.05, 0) is 35.4 Å². The van der Waals surface area contributed by atoms with Gasteiger partial charge in [0.15, 0.2) is 0 Å². The third-order valence-electron chi connectivity index (χ3n) is 6.15. The van der Waals surface area contributed by atoms with E-state index in [9.17, 15) is 14.3 Å². The number of carbonyl (C=O) groups is 1. The minimum absolute atomic E-state index is 0.137. The fourth-order valence-corrected chi connectivity index (χ4v) is 4.59. The van der Waals surface area contributed by atoms with Crippen molar-refractivity contribution in [1.82, 2.24) is 14.5 Å². The van der Waals surface area contributed by atoms with Gasteiger partial charge in [-0.1, -0.05) is 17.7 Å². The number of carbonyl (C=O) groups excluding carboxylic acids is 1. The molecule has 194 valence electrons. The molecule has 0 spiro atoms. The second-order valence-electron chi connectivity index (χ2n) is 8.56. The maximum Gasteiger partial charge on any atom is 0.271 e. The van der Waals surface area contributed by atoms with Crippen LogP contribution in [0.4, 0.5) is 10.2 Å². The number of anilines is 1. The summed E-state index contributed by atoms with van der Waals surface area (Å²) < 4.78 is 21.2. The molecule has 4 rings (SSSR count). The molecule has 0 saturated carbocycles. The van der Waals surface area contributed by atoms with Crippen LogP contribution in [0.3, 0.4) is 0 Å². The molecule has 0 aliphatic carbocycles. The number of pyridine rings is 1. The molecular formula is C26H28ClFN6O3. The predicted octanol–water partition coefficient (Wildman–Crippen LogP) is 3.42. The summed E-state index contributed by atoms with van der Waals surface area (Å²) in [5.74, 6) is -0.156. The highest BCUT2D eigenvalue weighted by molar-refractivity contribution is 6.33. The monoisotopic (exact) mass is 526 g/mol. The molecule has 1 aliphatic rings. The van der Waals surface area contributed by atoms with Crippen LogP contribution in [0.1, 0.15) is 21.6 Å². The molecule has 11 heteroatoms. The lowest BCUT2D eigenvalue weighted by Crippen LogP contribution is -2.49. The lowest BCUT2D eigenvalue weighted by molar-refractivity contribution is 0.0386.